The summed E-state index contributed by atoms with van der Waals surface area (Å²) in [6.07, 6.45) is 0.559. The summed E-state index contributed by atoms with van der Waals surface area (Å²) < 4.78 is 72.6. The van der Waals surface area contributed by atoms with Crippen LogP contribution in [0.1, 0.15) is 0 Å². The van der Waals surface area contributed by atoms with Gasteiger partial charge in [0.15, 0.2) is 10.1 Å². The third-order valence-electron chi connectivity index (χ3n) is 2.83. The summed E-state index contributed by atoms with van der Waals surface area (Å²) in [6, 6.07) is 0.968. The number of ether oxygens (including phenoxy) is 1. The molecular formula is C11H8ClF3N3NaO4S. The predicted molar refractivity (Wildman–Crippen MR) is 71.6 cm³/mol. The molecule has 0 fully saturated rings. The maximum atomic E-state index is 13.8. The van der Waals surface area contributed by atoms with Crippen LogP contribution >= 0.6 is 11.6 Å². The topological polar surface area (TPSA) is 97.1 Å². The molecule has 0 spiro atoms. The molecule has 1 unspecified atom stereocenters. The molecule has 126 valence electrons. The molecule has 0 radical (unpaired) electrons. The van der Waals surface area contributed by atoms with E-state index in [1.165, 1.54) is 31.4 Å². The molecule has 13 heteroatoms. The number of halogens is 4. The second kappa shape index (κ2) is 7.18. The van der Waals surface area contributed by atoms with E-state index in [9.17, 15) is 26.1 Å². The van der Waals surface area contributed by atoms with Gasteiger partial charge in [0.25, 0.3) is 0 Å². The van der Waals surface area contributed by atoms with Crippen LogP contribution in [0.25, 0.3) is 11.3 Å². The van der Waals surface area contributed by atoms with Crippen molar-refractivity contribution in [3.63, 3.8) is 0 Å². The van der Waals surface area contributed by atoms with E-state index in [1.54, 1.807) is 0 Å². The molecule has 0 aliphatic heterocycles. The van der Waals surface area contributed by atoms with Gasteiger partial charge in [0.1, 0.15) is 11.4 Å². The van der Waals surface area contributed by atoms with E-state index in [0.29, 0.717) is 17.5 Å². The number of hydrogen-bond donors (Lipinski definition) is 0. The number of alkyl halides is 4. The second-order valence-corrected chi connectivity index (χ2v) is 6.50. The molecular weight excluding hydrogens is 386 g/mol. The maximum absolute atomic E-state index is 13.8. The first kappa shape index (κ1) is 21.2. The Kier molecular flexibility index (Phi) is 6.34. The zero-order valence-electron chi connectivity index (χ0n) is 12.3. The summed E-state index contributed by atoms with van der Waals surface area (Å²) in [5.74, 6) is 0.493. The summed E-state index contributed by atoms with van der Waals surface area (Å²) in [7, 11) is -4.75. The first-order chi connectivity index (χ1) is 10.5. The van der Waals surface area contributed by atoms with Gasteiger partial charge >= 0.3 is 40.1 Å². The van der Waals surface area contributed by atoms with Crippen LogP contribution in [-0.4, -0.2) is 39.5 Å². The van der Waals surface area contributed by atoms with Gasteiger partial charge in [-0.2, -0.15) is 13.5 Å². The number of nitrogens with zero attached hydrogens (tertiary/aromatic N) is 3. The molecule has 0 aliphatic rings. The third-order valence-corrected chi connectivity index (χ3v) is 4.50. The molecule has 0 amide bonds. The van der Waals surface area contributed by atoms with Crippen molar-refractivity contribution in [2.75, 3.05) is 7.11 Å². The number of methoxy groups -OCH3 is 1. The molecule has 0 N–H and O–H groups in total. The summed E-state index contributed by atoms with van der Waals surface area (Å²) in [4.78, 5) is 0. The Morgan fingerprint density at radius 2 is 1.79 bits per heavy atom. The first-order valence-electron chi connectivity index (χ1n) is 5.79. The van der Waals surface area contributed by atoms with E-state index < -0.39 is 25.3 Å². The van der Waals surface area contributed by atoms with Crippen LogP contribution in [-0.2, 0) is 16.2 Å². The van der Waals surface area contributed by atoms with E-state index in [2.05, 4.69) is 21.9 Å². The zero-order chi connectivity index (χ0) is 17.5. The third kappa shape index (κ3) is 3.70. The molecule has 2 aromatic rings. The SMILES string of the molecule is COc1ccc(-c2cn(C(F)(F)C(F)(Cl)S(=O)(=O)[O-])nn2)cc1.[Na+]. The molecule has 0 saturated carbocycles. The van der Waals surface area contributed by atoms with E-state index >= 15 is 0 Å². The van der Waals surface area contributed by atoms with Gasteiger partial charge in [0.05, 0.1) is 13.3 Å². The van der Waals surface area contributed by atoms with Gasteiger partial charge in [-0.15, -0.1) is 5.10 Å². The molecule has 0 bridgehead atoms. The molecule has 7 nitrogen and oxygen atoms in total. The Hall–Kier alpha value is -0.850. The Labute approximate surface area is 161 Å². The molecule has 1 aromatic carbocycles. The van der Waals surface area contributed by atoms with Crippen LogP contribution in [0.5, 0.6) is 5.75 Å². The molecule has 24 heavy (non-hydrogen) atoms. The number of aromatic nitrogens is 3. The first-order valence-corrected chi connectivity index (χ1v) is 7.57. The molecule has 0 aliphatic carbocycles. The molecule has 1 aromatic heterocycles. The summed E-state index contributed by atoms with van der Waals surface area (Å²) in [6.45, 7) is 0. The van der Waals surface area contributed by atoms with Crippen molar-refractivity contribution < 1.29 is 60.4 Å². The van der Waals surface area contributed by atoms with E-state index in [1.807, 2.05) is 0 Å². The normalized spacial score (nSPS) is 14.6. The fourth-order valence-electron chi connectivity index (χ4n) is 1.58. The Balaban J connectivity index is 0.00000288. The van der Waals surface area contributed by atoms with Gasteiger partial charge < -0.3 is 9.29 Å². The van der Waals surface area contributed by atoms with Crippen LogP contribution < -0.4 is 34.3 Å². The van der Waals surface area contributed by atoms with Crippen LogP contribution in [0.15, 0.2) is 30.5 Å². The van der Waals surface area contributed by atoms with Gasteiger partial charge in [0, 0.05) is 5.56 Å². The van der Waals surface area contributed by atoms with E-state index in [-0.39, 0.29) is 35.3 Å². The largest absolute Gasteiger partial charge is 1.00 e. The molecule has 1 heterocycles. The summed E-state index contributed by atoms with van der Waals surface area (Å²) >= 11 is 4.61. The van der Waals surface area contributed by atoms with Crippen molar-refractivity contribution in [1.29, 1.82) is 0 Å². The molecule has 1 atom stereocenters. The van der Waals surface area contributed by atoms with Gasteiger partial charge in [-0.25, -0.2) is 12.8 Å². The second-order valence-electron chi connectivity index (χ2n) is 4.29. The van der Waals surface area contributed by atoms with Crippen molar-refractivity contribution >= 4 is 21.7 Å². The Morgan fingerprint density at radius 1 is 1.25 bits per heavy atom. The number of rotatable bonds is 5. The minimum absolute atomic E-state index is 0. The van der Waals surface area contributed by atoms with Crippen LogP contribution in [0.2, 0.25) is 0 Å². The Bertz CT molecular complexity index is 814. The van der Waals surface area contributed by atoms with Gasteiger partial charge in [0.2, 0.25) is 0 Å². The van der Waals surface area contributed by atoms with E-state index in [0.717, 1.165) is 0 Å². The van der Waals surface area contributed by atoms with Crippen molar-refractivity contribution in [1.82, 2.24) is 15.0 Å². The smallest absolute Gasteiger partial charge is 0.744 e. The van der Waals surface area contributed by atoms with Crippen LogP contribution in [0.3, 0.4) is 0 Å². The fraction of sp³-hybridized carbons (Fsp3) is 0.273. The van der Waals surface area contributed by atoms with Gasteiger partial charge in [-0.05, 0) is 24.3 Å². The predicted octanol–water partition coefficient (Wildman–Crippen LogP) is -1.09. The summed E-state index contributed by atoms with van der Waals surface area (Å²) in [5, 5.41) is 6.32. The van der Waals surface area contributed by atoms with Gasteiger partial charge in [-0.1, -0.05) is 16.8 Å². The molecule has 0 saturated heterocycles. The minimum Gasteiger partial charge on any atom is -0.744 e. The molecule has 2 rings (SSSR count). The zero-order valence-corrected chi connectivity index (χ0v) is 15.9. The number of hydrogen-bond acceptors (Lipinski definition) is 6. The quantitative estimate of drug-likeness (QED) is 0.364. The van der Waals surface area contributed by atoms with Crippen molar-refractivity contribution in [2.24, 2.45) is 0 Å². The van der Waals surface area contributed by atoms with Gasteiger partial charge in [-0.3, -0.25) is 0 Å². The van der Waals surface area contributed by atoms with Crippen molar-refractivity contribution in [3.8, 4) is 17.0 Å². The monoisotopic (exact) mass is 393 g/mol. The maximum Gasteiger partial charge on any atom is 1.00 e. The number of benzene rings is 1. The van der Waals surface area contributed by atoms with Crippen LogP contribution in [0.4, 0.5) is 13.2 Å². The summed E-state index contributed by atoms with van der Waals surface area (Å²) in [5.41, 5.74) is 0.194. The average Bonchev–Trinajstić information content (AvgIpc) is 2.96. The van der Waals surface area contributed by atoms with Crippen molar-refractivity contribution in [2.45, 2.75) is 10.5 Å². The minimum atomic E-state index is -6.18. The van der Waals surface area contributed by atoms with Crippen molar-refractivity contribution in [3.05, 3.63) is 30.5 Å². The van der Waals surface area contributed by atoms with E-state index in [4.69, 9.17) is 4.74 Å². The standard InChI is InChI=1S/C11H9ClF3N3O4S.Na/c1-22-8-4-2-7(3-5-8)9-6-18(17-16-9)11(14,15)10(12,13)23(19,20)21;/h2-6H,1H3,(H,19,20,21);/q;+1/p-1. The van der Waals surface area contributed by atoms with Crippen LogP contribution in [0, 0.1) is 0 Å². The fourth-order valence-corrected chi connectivity index (χ4v) is 2.06. The Morgan fingerprint density at radius 3 is 2.25 bits per heavy atom. The average molecular weight is 394 g/mol.